The van der Waals surface area contributed by atoms with E-state index in [4.69, 9.17) is 14.2 Å². The molecule has 9 heteroatoms. The van der Waals surface area contributed by atoms with E-state index in [2.05, 4.69) is 10.6 Å². The van der Waals surface area contributed by atoms with E-state index >= 15 is 0 Å². The van der Waals surface area contributed by atoms with E-state index in [1.807, 2.05) is 79.7 Å². The molecule has 3 rings (SSSR count). The highest BCUT2D eigenvalue weighted by molar-refractivity contribution is 7.98. The second-order valence-corrected chi connectivity index (χ2v) is 12.0. The van der Waals surface area contributed by atoms with E-state index < -0.39 is 23.7 Å². The van der Waals surface area contributed by atoms with Crippen LogP contribution in [0.4, 0.5) is 4.79 Å². The number of carbonyl (C=O) groups is 3. The van der Waals surface area contributed by atoms with Crippen LogP contribution in [0, 0.1) is 6.92 Å². The van der Waals surface area contributed by atoms with Gasteiger partial charge in [0.25, 0.3) is 0 Å². The molecule has 42 heavy (non-hydrogen) atoms. The summed E-state index contributed by atoms with van der Waals surface area (Å²) in [5.41, 5.74) is 4.21. The fraction of sp³-hybridized carbons (Fsp3) is 0.364. The number of ether oxygens (including phenoxy) is 3. The van der Waals surface area contributed by atoms with Crippen LogP contribution in [0.2, 0.25) is 0 Å². The molecule has 3 aromatic carbocycles. The summed E-state index contributed by atoms with van der Waals surface area (Å²) in [4.78, 5) is 37.8. The fourth-order valence-corrected chi connectivity index (χ4v) is 4.80. The molecule has 0 unspecified atom stereocenters. The normalized spacial score (nSPS) is 11.7. The second kappa shape index (κ2) is 15.9. The molecule has 0 radical (unpaired) electrons. The minimum Gasteiger partial charge on any atom is -0.497 e. The van der Waals surface area contributed by atoms with Crippen molar-refractivity contribution in [2.24, 2.45) is 0 Å². The number of alkyl carbamates (subject to hydrolysis) is 1. The summed E-state index contributed by atoms with van der Waals surface area (Å²) in [7, 11) is 1.61. The summed E-state index contributed by atoms with van der Waals surface area (Å²) < 4.78 is 16.1. The Labute approximate surface area is 252 Å². The second-order valence-electron chi connectivity index (χ2n) is 10.9. The molecule has 0 fully saturated rings. The molecule has 8 nitrogen and oxygen atoms in total. The Morgan fingerprint density at radius 2 is 1.43 bits per heavy atom. The van der Waals surface area contributed by atoms with Crippen LogP contribution in [0.15, 0.2) is 72.8 Å². The average Bonchev–Trinajstić information content (AvgIpc) is 2.95. The summed E-state index contributed by atoms with van der Waals surface area (Å²) in [5.74, 6) is 1.09. The van der Waals surface area contributed by atoms with E-state index in [1.165, 1.54) is 17.3 Å². The Balaban J connectivity index is 1.50. The van der Waals surface area contributed by atoms with Gasteiger partial charge in [-0.25, -0.2) is 9.59 Å². The van der Waals surface area contributed by atoms with Gasteiger partial charge in [0.1, 0.15) is 24.0 Å². The van der Waals surface area contributed by atoms with Gasteiger partial charge in [-0.15, -0.1) is 0 Å². The highest BCUT2D eigenvalue weighted by atomic mass is 32.2. The van der Waals surface area contributed by atoms with Gasteiger partial charge in [0.05, 0.1) is 13.5 Å². The molecule has 0 bridgehead atoms. The van der Waals surface area contributed by atoms with Gasteiger partial charge in [0.15, 0.2) is 0 Å². The van der Waals surface area contributed by atoms with Crippen LogP contribution in [0.5, 0.6) is 5.75 Å². The molecule has 0 saturated heterocycles. The van der Waals surface area contributed by atoms with Crippen molar-refractivity contribution in [2.75, 3.05) is 12.9 Å². The van der Waals surface area contributed by atoms with Gasteiger partial charge < -0.3 is 24.8 Å². The molecule has 0 heterocycles. The summed E-state index contributed by atoms with van der Waals surface area (Å²) in [6, 6.07) is 22.1. The third-order valence-corrected chi connectivity index (χ3v) is 7.17. The van der Waals surface area contributed by atoms with Crippen molar-refractivity contribution in [3.05, 3.63) is 101 Å². The Morgan fingerprint density at radius 1 is 0.833 bits per heavy atom. The first-order valence-electron chi connectivity index (χ1n) is 13.8. The first-order valence-corrected chi connectivity index (χ1v) is 14.9. The van der Waals surface area contributed by atoms with Crippen LogP contribution >= 0.6 is 11.8 Å². The summed E-state index contributed by atoms with van der Waals surface area (Å²) in [6.45, 7) is 7.82. The maximum Gasteiger partial charge on any atom is 0.408 e. The number of rotatable bonds is 13. The first-order chi connectivity index (χ1) is 20.0. The molecule has 0 saturated carbocycles. The Kier molecular flexibility index (Phi) is 12.3. The number of aryl methyl sites for hydroxylation is 1. The lowest BCUT2D eigenvalue weighted by Crippen LogP contribution is -2.45. The van der Waals surface area contributed by atoms with Crippen LogP contribution in [-0.4, -0.2) is 42.5 Å². The lowest BCUT2D eigenvalue weighted by molar-refractivity contribution is -0.146. The van der Waals surface area contributed by atoms with Crippen molar-refractivity contribution >= 4 is 29.7 Å². The molecule has 0 aliphatic rings. The zero-order valence-electron chi connectivity index (χ0n) is 24.9. The number of carbonyl (C=O) groups excluding carboxylic acids is 3. The minimum absolute atomic E-state index is 0.0361. The molecule has 0 aliphatic heterocycles. The lowest BCUT2D eigenvalue weighted by Gasteiger charge is -2.23. The fourth-order valence-electron chi connectivity index (χ4n) is 3.80. The third kappa shape index (κ3) is 11.9. The monoisotopic (exact) mass is 592 g/mol. The SMILES string of the molecule is COc1ccc(CSC[C@H](NC(=O)OC(C)(C)C)C(=O)OCc2ccc(CC(=O)NCc3ccc(C)cc3)cc2)cc1. The highest BCUT2D eigenvalue weighted by Crippen LogP contribution is 2.18. The minimum atomic E-state index is -0.889. The average molecular weight is 593 g/mol. The van der Waals surface area contributed by atoms with Gasteiger partial charge in [-0.2, -0.15) is 11.8 Å². The maximum absolute atomic E-state index is 13.0. The summed E-state index contributed by atoms with van der Waals surface area (Å²) >= 11 is 1.50. The van der Waals surface area contributed by atoms with Crippen LogP contribution in [-0.2, 0) is 44.4 Å². The largest absolute Gasteiger partial charge is 0.497 e. The van der Waals surface area contributed by atoms with Crippen LogP contribution in [0.1, 0.15) is 48.6 Å². The Morgan fingerprint density at radius 3 is 2.05 bits per heavy atom. The van der Waals surface area contributed by atoms with E-state index in [-0.39, 0.29) is 18.9 Å². The van der Waals surface area contributed by atoms with Gasteiger partial charge in [0.2, 0.25) is 5.91 Å². The van der Waals surface area contributed by atoms with E-state index in [0.717, 1.165) is 28.0 Å². The van der Waals surface area contributed by atoms with E-state index in [9.17, 15) is 14.4 Å². The quantitative estimate of drug-likeness (QED) is 0.244. The molecular formula is C33H40N2O6S. The molecule has 1 atom stereocenters. The molecule has 3 aromatic rings. The van der Waals surface area contributed by atoms with Gasteiger partial charge in [-0.1, -0.05) is 66.2 Å². The van der Waals surface area contributed by atoms with Crippen molar-refractivity contribution < 1.29 is 28.6 Å². The summed E-state index contributed by atoms with van der Waals surface area (Å²) in [6.07, 6.45) is -0.432. The Bertz CT molecular complexity index is 1300. The Hall–Kier alpha value is -3.98. The first kappa shape index (κ1) is 32.5. The number of esters is 1. The molecule has 0 spiro atoms. The van der Waals surface area contributed by atoms with Crippen molar-refractivity contribution in [1.29, 1.82) is 0 Å². The van der Waals surface area contributed by atoms with Crippen molar-refractivity contribution in [1.82, 2.24) is 10.6 Å². The number of methoxy groups -OCH3 is 1. The van der Waals surface area contributed by atoms with Gasteiger partial charge >= 0.3 is 12.1 Å². The number of benzene rings is 3. The van der Waals surface area contributed by atoms with Crippen molar-refractivity contribution in [3.8, 4) is 5.75 Å². The molecule has 0 aliphatic carbocycles. The number of hydrogen-bond donors (Lipinski definition) is 2. The van der Waals surface area contributed by atoms with E-state index in [0.29, 0.717) is 18.1 Å². The molecule has 2 amide bonds. The number of hydrogen-bond acceptors (Lipinski definition) is 7. The van der Waals surface area contributed by atoms with Crippen LogP contribution in [0.25, 0.3) is 0 Å². The molecule has 2 N–H and O–H groups in total. The molecule has 224 valence electrons. The van der Waals surface area contributed by atoms with E-state index in [1.54, 1.807) is 27.9 Å². The van der Waals surface area contributed by atoms with Crippen LogP contribution in [0.3, 0.4) is 0 Å². The number of thioether (sulfide) groups is 1. The van der Waals surface area contributed by atoms with Gasteiger partial charge in [-0.3, -0.25) is 4.79 Å². The lowest BCUT2D eigenvalue weighted by atomic mass is 10.1. The zero-order chi connectivity index (χ0) is 30.5. The smallest absolute Gasteiger partial charge is 0.408 e. The predicted octanol–water partition coefficient (Wildman–Crippen LogP) is 5.73. The van der Waals surface area contributed by atoms with Gasteiger partial charge in [-0.05, 0) is 62.1 Å². The van der Waals surface area contributed by atoms with Crippen molar-refractivity contribution in [3.63, 3.8) is 0 Å². The standard InChI is InChI=1S/C33H40N2O6S/c1-23-6-8-25(9-7-23)19-34-30(36)18-24-10-12-26(13-11-24)20-40-31(37)29(35-32(38)41-33(2,3)4)22-42-21-27-14-16-28(39-5)17-15-27/h6-17,29H,18-22H2,1-5H3,(H,34,36)(H,35,38)/t29-/m0/s1. The van der Waals surface area contributed by atoms with Crippen molar-refractivity contribution in [2.45, 2.75) is 64.7 Å². The predicted molar refractivity (Wildman–Crippen MR) is 165 cm³/mol. The topological polar surface area (TPSA) is 103 Å². The number of amides is 2. The zero-order valence-corrected chi connectivity index (χ0v) is 25.7. The molecule has 0 aromatic heterocycles. The van der Waals surface area contributed by atoms with Crippen LogP contribution < -0.4 is 15.4 Å². The number of nitrogens with one attached hydrogen (secondary N) is 2. The maximum atomic E-state index is 13.0. The summed E-state index contributed by atoms with van der Waals surface area (Å²) in [5, 5.41) is 5.59. The molecular weight excluding hydrogens is 552 g/mol. The van der Waals surface area contributed by atoms with Gasteiger partial charge in [0, 0.05) is 18.1 Å². The third-order valence-electron chi connectivity index (χ3n) is 6.07. The highest BCUT2D eigenvalue weighted by Gasteiger charge is 2.25.